The van der Waals surface area contributed by atoms with E-state index in [-0.39, 0.29) is 0 Å². The van der Waals surface area contributed by atoms with Crippen molar-refractivity contribution in [3.63, 3.8) is 0 Å². The van der Waals surface area contributed by atoms with E-state index in [1.807, 2.05) is 24.4 Å². The number of aromatic nitrogens is 5. The van der Waals surface area contributed by atoms with Crippen LogP contribution in [0.5, 0.6) is 0 Å². The molecule has 0 saturated carbocycles. The SMILES string of the molecule is c1ccc(-c2nc(-c3ccc(-n4c5ccccc5c5cc(-c6ccc7c(c6)c6ccccc6n7-c6ccccc6)ccc54)nc3)c3c(n2)-c2ccccc2C3)cc1. The van der Waals surface area contributed by atoms with Crippen molar-refractivity contribution in [2.75, 3.05) is 0 Å². The third kappa shape index (κ3) is 4.92. The second kappa shape index (κ2) is 12.4. The Morgan fingerprint density at radius 1 is 0.404 bits per heavy atom. The van der Waals surface area contributed by atoms with Crippen LogP contribution in [0.4, 0.5) is 0 Å². The lowest BCUT2D eigenvalue weighted by Crippen LogP contribution is -2.01. The lowest BCUT2D eigenvalue weighted by atomic mass is 10.0. The van der Waals surface area contributed by atoms with E-state index in [0.717, 1.165) is 62.9 Å². The Bertz CT molecular complexity index is 3360. The van der Waals surface area contributed by atoms with E-state index in [0.29, 0.717) is 0 Å². The highest BCUT2D eigenvalue weighted by Crippen LogP contribution is 2.42. The minimum atomic E-state index is 0.726. The topological polar surface area (TPSA) is 48.5 Å². The zero-order valence-electron chi connectivity index (χ0n) is 30.8. The summed E-state index contributed by atoms with van der Waals surface area (Å²) in [5.74, 6) is 1.59. The van der Waals surface area contributed by atoms with Crippen LogP contribution in [0.1, 0.15) is 11.1 Å². The van der Waals surface area contributed by atoms with E-state index in [1.54, 1.807) is 0 Å². The zero-order chi connectivity index (χ0) is 37.5. The molecule has 7 aromatic carbocycles. The molecule has 0 saturated heterocycles. The molecular formula is C52H33N5. The third-order valence-electron chi connectivity index (χ3n) is 11.6. The fourth-order valence-corrected chi connectivity index (χ4v) is 8.99. The molecule has 57 heavy (non-hydrogen) atoms. The molecule has 1 aliphatic carbocycles. The van der Waals surface area contributed by atoms with Gasteiger partial charge in [-0.2, -0.15) is 0 Å². The third-order valence-corrected chi connectivity index (χ3v) is 11.6. The highest BCUT2D eigenvalue weighted by molar-refractivity contribution is 6.12. The van der Waals surface area contributed by atoms with Gasteiger partial charge in [-0.1, -0.05) is 121 Å². The highest BCUT2D eigenvalue weighted by Gasteiger charge is 2.26. The van der Waals surface area contributed by atoms with E-state index in [4.69, 9.17) is 15.0 Å². The van der Waals surface area contributed by atoms with E-state index >= 15 is 0 Å². The molecule has 5 heteroatoms. The average Bonchev–Trinajstić information content (AvgIpc) is 3.94. The van der Waals surface area contributed by atoms with E-state index in [1.165, 1.54) is 54.8 Å². The molecule has 0 spiro atoms. The Hall–Kier alpha value is -7.63. The predicted molar refractivity (Wildman–Crippen MR) is 233 cm³/mol. The maximum atomic E-state index is 5.19. The van der Waals surface area contributed by atoms with Gasteiger partial charge in [0.25, 0.3) is 0 Å². The number of nitrogens with zero attached hydrogens (tertiary/aromatic N) is 5. The zero-order valence-corrected chi connectivity index (χ0v) is 30.8. The van der Waals surface area contributed by atoms with Crippen LogP contribution in [0.2, 0.25) is 0 Å². The highest BCUT2D eigenvalue weighted by atomic mass is 15.1. The number of rotatable bonds is 5. The lowest BCUT2D eigenvalue weighted by Gasteiger charge is -2.12. The van der Waals surface area contributed by atoms with Gasteiger partial charge < -0.3 is 4.57 Å². The first-order valence-corrected chi connectivity index (χ1v) is 19.4. The number of hydrogen-bond donors (Lipinski definition) is 0. The Labute approximate surface area is 328 Å². The molecule has 0 unspecified atom stereocenters. The van der Waals surface area contributed by atoms with Crippen LogP contribution in [0.25, 0.3) is 100 Å². The number of fused-ring (bicyclic) bond motifs is 9. The molecule has 0 N–H and O–H groups in total. The number of pyridine rings is 1. The Kier molecular flexibility index (Phi) is 6.92. The molecule has 1 aliphatic rings. The van der Waals surface area contributed by atoms with Gasteiger partial charge in [-0.05, 0) is 77.4 Å². The van der Waals surface area contributed by atoms with Crippen LogP contribution in [-0.2, 0) is 6.42 Å². The number of para-hydroxylation sites is 3. The summed E-state index contributed by atoms with van der Waals surface area (Å²) in [5.41, 5.74) is 15.7. The second-order valence-corrected chi connectivity index (χ2v) is 14.8. The molecular weight excluding hydrogens is 695 g/mol. The number of hydrogen-bond acceptors (Lipinski definition) is 3. The maximum absolute atomic E-state index is 5.19. The largest absolute Gasteiger partial charge is 0.309 e. The molecule has 0 amide bonds. The van der Waals surface area contributed by atoms with Gasteiger partial charge >= 0.3 is 0 Å². The maximum Gasteiger partial charge on any atom is 0.160 e. The van der Waals surface area contributed by atoms with Gasteiger partial charge in [-0.25, -0.2) is 15.0 Å². The van der Waals surface area contributed by atoms with Crippen LogP contribution in [-0.4, -0.2) is 24.1 Å². The summed E-state index contributed by atoms with van der Waals surface area (Å²) in [7, 11) is 0. The summed E-state index contributed by atoms with van der Waals surface area (Å²) >= 11 is 0. The van der Waals surface area contributed by atoms with Crippen molar-refractivity contribution in [3.8, 4) is 56.5 Å². The Morgan fingerprint density at radius 3 is 1.67 bits per heavy atom. The first-order valence-electron chi connectivity index (χ1n) is 19.4. The van der Waals surface area contributed by atoms with Crippen LogP contribution in [0.15, 0.2) is 188 Å². The molecule has 5 nitrogen and oxygen atoms in total. The molecule has 0 fully saturated rings. The van der Waals surface area contributed by atoms with Gasteiger partial charge in [-0.3, -0.25) is 4.57 Å². The number of benzene rings is 7. The van der Waals surface area contributed by atoms with Crippen LogP contribution in [0, 0.1) is 0 Å². The van der Waals surface area contributed by atoms with Gasteiger partial charge in [0, 0.05) is 62.1 Å². The molecule has 12 rings (SSSR count). The van der Waals surface area contributed by atoms with Crippen molar-refractivity contribution >= 4 is 43.6 Å². The predicted octanol–water partition coefficient (Wildman–Crippen LogP) is 12.6. The van der Waals surface area contributed by atoms with Crippen LogP contribution in [0.3, 0.4) is 0 Å². The van der Waals surface area contributed by atoms with E-state index in [9.17, 15) is 0 Å². The molecule has 4 heterocycles. The van der Waals surface area contributed by atoms with Gasteiger partial charge in [0.1, 0.15) is 5.82 Å². The molecule has 266 valence electrons. The standard InChI is InChI=1S/C52H33N5/c1-3-13-33(14-4-1)52-54-50(44-31-36-15-7-8-18-39(36)51(44)55-52)37-25-28-49(53-32-37)57-46-22-12-10-20-41(46)43-30-35(24-27-48(43)57)34-23-26-47-42(29-34)40-19-9-11-21-45(40)56(47)38-16-5-2-6-17-38/h1-30,32H,31H2. The fourth-order valence-electron chi connectivity index (χ4n) is 8.99. The van der Waals surface area contributed by atoms with Crippen molar-refractivity contribution in [1.82, 2.24) is 24.1 Å². The van der Waals surface area contributed by atoms with Gasteiger partial charge in [0.05, 0.1) is 33.5 Å². The summed E-state index contributed by atoms with van der Waals surface area (Å²) in [4.78, 5) is 15.4. The van der Waals surface area contributed by atoms with E-state index < -0.39 is 0 Å². The lowest BCUT2D eigenvalue weighted by molar-refractivity contribution is 1.07. The van der Waals surface area contributed by atoms with Gasteiger partial charge in [0.2, 0.25) is 0 Å². The minimum absolute atomic E-state index is 0.726. The molecule has 11 aromatic rings. The molecule has 0 atom stereocenters. The monoisotopic (exact) mass is 727 g/mol. The summed E-state index contributed by atoms with van der Waals surface area (Å²) in [5, 5.41) is 4.88. The average molecular weight is 728 g/mol. The summed E-state index contributed by atoms with van der Waals surface area (Å²) in [6.07, 6.45) is 2.78. The minimum Gasteiger partial charge on any atom is -0.309 e. The van der Waals surface area contributed by atoms with Crippen molar-refractivity contribution in [1.29, 1.82) is 0 Å². The Morgan fingerprint density at radius 2 is 0.965 bits per heavy atom. The van der Waals surface area contributed by atoms with Crippen molar-refractivity contribution in [2.24, 2.45) is 0 Å². The van der Waals surface area contributed by atoms with Crippen LogP contribution >= 0.6 is 0 Å². The summed E-state index contributed by atoms with van der Waals surface area (Å²) in [6.45, 7) is 0. The normalized spacial score (nSPS) is 12.1. The van der Waals surface area contributed by atoms with E-state index in [2.05, 4.69) is 173 Å². The summed E-state index contributed by atoms with van der Waals surface area (Å²) in [6, 6.07) is 64.8. The molecule has 0 radical (unpaired) electrons. The first-order chi connectivity index (χ1) is 28.3. The molecule has 0 aliphatic heterocycles. The molecule has 4 aromatic heterocycles. The van der Waals surface area contributed by atoms with Crippen molar-refractivity contribution < 1.29 is 0 Å². The van der Waals surface area contributed by atoms with Crippen molar-refractivity contribution in [2.45, 2.75) is 6.42 Å². The smallest absolute Gasteiger partial charge is 0.160 e. The van der Waals surface area contributed by atoms with Crippen LogP contribution < -0.4 is 0 Å². The van der Waals surface area contributed by atoms with Gasteiger partial charge in [-0.15, -0.1) is 0 Å². The first kappa shape index (κ1) is 31.7. The van der Waals surface area contributed by atoms with Gasteiger partial charge in [0.15, 0.2) is 5.82 Å². The Balaban J connectivity index is 0.970. The fraction of sp³-hybridized carbons (Fsp3) is 0.0192. The second-order valence-electron chi connectivity index (χ2n) is 14.8. The quantitative estimate of drug-likeness (QED) is 0.177. The summed E-state index contributed by atoms with van der Waals surface area (Å²) < 4.78 is 4.65. The van der Waals surface area contributed by atoms with Crippen molar-refractivity contribution in [3.05, 3.63) is 199 Å². The molecule has 0 bridgehead atoms.